The highest BCUT2D eigenvalue weighted by Crippen LogP contribution is 2.32. The number of aromatic hydroxyl groups is 1. The van der Waals surface area contributed by atoms with E-state index in [0.29, 0.717) is 23.4 Å². The summed E-state index contributed by atoms with van der Waals surface area (Å²) in [6.45, 7) is 7.47. The summed E-state index contributed by atoms with van der Waals surface area (Å²) in [6, 6.07) is 30.6. The van der Waals surface area contributed by atoms with E-state index < -0.39 is 0 Å². The average molecular weight is 1070 g/mol. The minimum atomic E-state index is 0.0770. The number of halogens is 5. The molecule has 320 valence electrons. The van der Waals surface area contributed by atoms with Crippen LogP contribution < -0.4 is 10.6 Å². The zero-order valence-corrected chi connectivity index (χ0v) is 41.0. The van der Waals surface area contributed by atoms with Crippen molar-refractivity contribution >= 4 is 119 Å². The summed E-state index contributed by atoms with van der Waals surface area (Å²) in [5.74, 6) is 13.3. The Morgan fingerprint density at radius 1 is 0.683 bits per heavy atom. The third-order valence-corrected chi connectivity index (χ3v) is 9.98. The Labute approximate surface area is 403 Å². The van der Waals surface area contributed by atoms with Crippen LogP contribution in [0.3, 0.4) is 0 Å². The summed E-state index contributed by atoms with van der Waals surface area (Å²) in [6.07, 6.45) is 3.92. The third-order valence-electron chi connectivity index (χ3n) is 9.98. The van der Waals surface area contributed by atoms with Crippen LogP contribution in [0, 0.1) is 65.1 Å². The summed E-state index contributed by atoms with van der Waals surface area (Å²) in [4.78, 5) is 23.7. The van der Waals surface area contributed by atoms with Gasteiger partial charge in [0.2, 0.25) is 11.8 Å². The number of carbonyl (C=O) groups excluding carboxylic acids is 2. The summed E-state index contributed by atoms with van der Waals surface area (Å²) < 4.78 is 4.30. The molecule has 6 aromatic rings. The fraction of sp³-hybridized carbons (Fsp3) is 0.250. The van der Waals surface area contributed by atoms with Gasteiger partial charge in [0.15, 0.2) is 0 Å². The fourth-order valence-electron chi connectivity index (χ4n) is 6.66. The Morgan fingerprint density at radius 2 is 1.06 bits per heavy atom. The van der Waals surface area contributed by atoms with Crippen LogP contribution in [0.25, 0.3) is 21.8 Å². The van der Waals surface area contributed by atoms with Gasteiger partial charge >= 0.3 is 3.18 Å². The molecule has 9 nitrogen and oxygen atoms in total. The number of nitrogens with one attached hydrogen (secondary N) is 2. The number of alkyl halides is 2. The molecule has 4 aromatic carbocycles. The Kier molecular flexibility index (Phi) is 18.3. The second kappa shape index (κ2) is 23.5. The van der Waals surface area contributed by atoms with E-state index in [1.54, 1.807) is 18.2 Å². The minimum Gasteiger partial charge on any atom is -0.508 e. The summed E-state index contributed by atoms with van der Waals surface area (Å²) in [5.41, 5.74) is 8.71. The lowest BCUT2D eigenvalue weighted by Gasteiger charge is -2.04. The van der Waals surface area contributed by atoms with Crippen molar-refractivity contribution in [2.75, 3.05) is 16.0 Å². The molecule has 15 heteroatoms. The van der Waals surface area contributed by atoms with Crippen molar-refractivity contribution in [3.8, 4) is 41.6 Å². The van der Waals surface area contributed by atoms with E-state index in [9.17, 15) is 25.2 Å². The molecule has 2 aromatic heterocycles. The molecule has 0 saturated heterocycles. The number of carbonyl (C=O) groups is 2. The molecule has 0 aliphatic heterocycles. The number of phenolic OH excluding ortho intramolecular Hbond substituents is 1. The number of phenols is 1. The molecular formula is C48H42BBr3Cl2N6O3. The second-order valence-corrected chi connectivity index (χ2v) is 21.7. The Bertz CT molecular complexity index is 2620. The topological polar surface area (TPSA) is 136 Å². The van der Waals surface area contributed by atoms with Crippen molar-refractivity contribution in [3.05, 3.63) is 124 Å². The standard InChI is InChI=1S/C24H21N3O.C23H19N3O2.CH2Cl2.BBr3/c1-3-27-22(21(15-25)20-12-4-16(2)14-23(20)27)13-7-17-5-10-19(11-6-17)26-24(28)18-8-9-18;1-2-26-21(20(14-24)19-11-10-18(27)13-22(19)26)12-5-15-3-8-17(9-4-15)25-23(28)16-6-7-16;2-1-3;2-1(3)4/h4-6,10-12,14,18H,3,8-9H2,1-2H3,(H,26,28);3-4,8-11,13,16,27H,2,6-7H2,1H3,(H,25,28);1H2;. The van der Waals surface area contributed by atoms with Gasteiger partial charge in [0.25, 0.3) is 0 Å². The number of aryl methyl sites for hydroxylation is 3. The van der Waals surface area contributed by atoms with Gasteiger partial charge in [0, 0.05) is 64.3 Å². The number of rotatable bonds is 6. The zero-order valence-electron chi connectivity index (χ0n) is 34.7. The quantitative estimate of drug-likeness (QED) is 0.0867. The zero-order chi connectivity index (χ0) is 45.6. The highest BCUT2D eigenvalue weighted by molar-refractivity contribution is 9.69. The maximum atomic E-state index is 11.8. The van der Waals surface area contributed by atoms with Gasteiger partial charge in [-0.2, -0.15) is 10.5 Å². The molecular weight excluding hydrogens is 1030 g/mol. The Balaban J connectivity index is 0.000000207. The van der Waals surface area contributed by atoms with E-state index in [1.165, 1.54) is 0 Å². The molecule has 0 radical (unpaired) electrons. The van der Waals surface area contributed by atoms with Crippen molar-refractivity contribution in [2.45, 2.75) is 59.5 Å². The van der Waals surface area contributed by atoms with E-state index in [1.807, 2.05) is 79.1 Å². The van der Waals surface area contributed by atoms with Gasteiger partial charge in [-0.1, -0.05) is 24.0 Å². The van der Waals surface area contributed by atoms with Gasteiger partial charge in [-0.15, -0.1) is 70.5 Å². The van der Waals surface area contributed by atoms with Crippen molar-refractivity contribution in [2.24, 2.45) is 11.8 Å². The fourth-order valence-corrected chi connectivity index (χ4v) is 6.66. The number of hydrogen-bond acceptors (Lipinski definition) is 5. The van der Waals surface area contributed by atoms with Gasteiger partial charge in [0.1, 0.15) is 29.3 Å². The monoisotopic (exact) mass is 1070 g/mol. The number of nitrogens with zero attached hydrogens (tertiary/aromatic N) is 4. The Hall–Kier alpha value is -5.12. The maximum absolute atomic E-state index is 11.8. The van der Waals surface area contributed by atoms with E-state index >= 15 is 0 Å². The van der Waals surface area contributed by atoms with Crippen LogP contribution in [0.15, 0.2) is 84.9 Å². The number of fused-ring (bicyclic) bond motifs is 2. The van der Waals surface area contributed by atoms with Crippen LogP contribution in [-0.2, 0) is 22.7 Å². The highest BCUT2D eigenvalue weighted by Gasteiger charge is 2.30. The molecule has 0 spiro atoms. The molecule has 0 bridgehead atoms. The molecule has 3 N–H and O–H groups in total. The van der Waals surface area contributed by atoms with Crippen molar-refractivity contribution in [1.82, 2.24) is 9.13 Å². The average Bonchev–Trinajstić information content (AvgIpc) is 4.21. The van der Waals surface area contributed by atoms with Crippen molar-refractivity contribution < 1.29 is 14.7 Å². The van der Waals surface area contributed by atoms with Gasteiger partial charge in [-0.05, 0) is 131 Å². The van der Waals surface area contributed by atoms with Crippen LogP contribution in [-0.4, -0.2) is 34.6 Å². The van der Waals surface area contributed by atoms with Gasteiger partial charge in [-0.25, -0.2) is 0 Å². The van der Waals surface area contributed by atoms with Crippen LogP contribution >= 0.6 is 70.5 Å². The first-order valence-electron chi connectivity index (χ1n) is 20.0. The summed E-state index contributed by atoms with van der Waals surface area (Å²) >= 11 is 18.8. The lowest BCUT2D eigenvalue weighted by Crippen LogP contribution is -2.12. The molecule has 2 aliphatic rings. The number of amides is 2. The van der Waals surface area contributed by atoms with Crippen molar-refractivity contribution in [3.63, 3.8) is 0 Å². The second-order valence-electron chi connectivity index (χ2n) is 14.4. The SMILES string of the molecule is BrB(Br)Br.CCn1c(C#Cc2ccc(NC(=O)C3CC3)cc2)c(C#N)c2ccc(C)cc21.CCn1c(C#Cc2ccc(NC(=O)C3CC3)cc2)c(C#N)c2ccc(O)cc21.ClCCl. The number of aromatic nitrogens is 2. The minimum absolute atomic E-state index is 0.0770. The van der Waals surface area contributed by atoms with Gasteiger partial charge in [-0.3, -0.25) is 9.59 Å². The molecule has 2 amide bonds. The van der Waals surface area contributed by atoms with Gasteiger partial charge < -0.3 is 24.9 Å². The van der Waals surface area contributed by atoms with Gasteiger partial charge in [0.05, 0.1) is 27.5 Å². The number of nitriles is 2. The predicted octanol–water partition coefficient (Wildman–Crippen LogP) is 12.2. The summed E-state index contributed by atoms with van der Waals surface area (Å²) in [5, 5.41) is 36.9. The first kappa shape index (κ1) is 48.9. The molecule has 63 heavy (non-hydrogen) atoms. The van der Waals surface area contributed by atoms with Crippen LogP contribution in [0.1, 0.15) is 78.7 Å². The summed E-state index contributed by atoms with van der Waals surface area (Å²) in [7, 11) is 0. The van der Waals surface area contributed by atoms with Crippen molar-refractivity contribution in [1.29, 1.82) is 10.5 Å². The van der Waals surface area contributed by atoms with Crippen LogP contribution in [0.4, 0.5) is 11.4 Å². The van der Waals surface area contributed by atoms with E-state index in [-0.39, 0.29) is 37.9 Å². The first-order chi connectivity index (χ1) is 30.3. The number of anilines is 2. The highest BCUT2D eigenvalue weighted by atomic mass is 79.9. The van der Waals surface area contributed by atoms with E-state index in [4.69, 9.17) is 23.2 Å². The lowest BCUT2D eigenvalue weighted by atomic mass is 10.1. The molecule has 0 unspecified atom stereocenters. The molecule has 2 saturated carbocycles. The molecule has 2 fully saturated rings. The Morgan fingerprint density at radius 3 is 1.43 bits per heavy atom. The van der Waals surface area contributed by atoms with E-state index in [2.05, 4.69) is 111 Å². The third kappa shape index (κ3) is 13.4. The number of benzene rings is 4. The normalized spacial score (nSPS) is 12.2. The smallest absolute Gasteiger partial charge is 0.369 e. The maximum Gasteiger partial charge on any atom is 0.369 e. The largest absolute Gasteiger partial charge is 0.508 e. The molecule has 8 rings (SSSR count). The lowest BCUT2D eigenvalue weighted by molar-refractivity contribution is -0.118. The van der Waals surface area contributed by atoms with Crippen LogP contribution in [0.2, 0.25) is 0 Å². The first-order valence-corrected chi connectivity index (χ1v) is 23.9. The molecule has 0 atom stereocenters. The molecule has 2 heterocycles. The van der Waals surface area contributed by atoms with Crippen LogP contribution in [0.5, 0.6) is 5.75 Å². The molecule has 2 aliphatic carbocycles. The van der Waals surface area contributed by atoms with E-state index in [0.717, 1.165) is 87.8 Å². The predicted molar refractivity (Wildman–Crippen MR) is 268 cm³/mol. The number of hydrogen-bond donors (Lipinski definition) is 3.